The number of aliphatic hydroxyl groups excluding tert-OH is 1. The van der Waals surface area contributed by atoms with Crippen LogP contribution in [0.15, 0.2) is 48.5 Å². The van der Waals surface area contributed by atoms with Crippen LogP contribution in [0.5, 0.6) is 0 Å². The van der Waals surface area contributed by atoms with Crippen molar-refractivity contribution in [1.29, 1.82) is 0 Å². The van der Waals surface area contributed by atoms with Gasteiger partial charge < -0.3 is 14.6 Å². The highest BCUT2D eigenvalue weighted by Gasteiger charge is 2.25. The number of para-hydroxylation sites is 2. The quantitative estimate of drug-likeness (QED) is 0.802. The summed E-state index contributed by atoms with van der Waals surface area (Å²) in [7, 11) is 0. The fourth-order valence-corrected chi connectivity index (χ4v) is 3.41. The molecule has 1 atom stereocenters. The van der Waals surface area contributed by atoms with E-state index in [2.05, 4.69) is 21.6 Å². The molecule has 1 aliphatic rings. The highest BCUT2D eigenvalue weighted by atomic mass is 35.5. The molecule has 2 aromatic carbocycles. The molecule has 0 bridgehead atoms. The molecule has 0 aliphatic carbocycles. The predicted molar refractivity (Wildman–Crippen MR) is 93.1 cm³/mol. The second-order valence-electron chi connectivity index (χ2n) is 6.01. The molecule has 1 aliphatic heterocycles. The smallest absolute Gasteiger partial charge is 0.206 e. The first-order valence-corrected chi connectivity index (χ1v) is 8.21. The van der Waals surface area contributed by atoms with Gasteiger partial charge in [0.1, 0.15) is 0 Å². The number of anilines is 1. The molecule has 23 heavy (non-hydrogen) atoms. The molecule has 4 nitrogen and oxygen atoms in total. The van der Waals surface area contributed by atoms with Crippen LogP contribution in [-0.2, 0) is 6.54 Å². The fraction of sp³-hybridized carbons (Fsp3) is 0.278. The Hall–Kier alpha value is -2.04. The third kappa shape index (κ3) is 2.80. The molecule has 0 saturated carbocycles. The summed E-state index contributed by atoms with van der Waals surface area (Å²) in [5, 5.41) is 10.6. The number of rotatable bonds is 3. The first-order valence-electron chi connectivity index (χ1n) is 7.83. The van der Waals surface area contributed by atoms with Crippen LogP contribution in [0.4, 0.5) is 5.95 Å². The molecule has 0 radical (unpaired) electrons. The number of β-amino-alcohol motifs (C(OH)–C–C–N with tert-alkyl or cyclic N) is 1. The molecule has 1 fully saturated rings. The van der Waals surface area contributed by atoms with Crippen LogP contribution in [-0.4, -0.2) is 33.9 Å². The summed E-state index contributed by atoms with van der Waals surface area (Å²) in [5.41, 5.74) is 3.22. The van der Waals surface area contributed by atoms with Crippen molar-refractivity contribution < 1.29 is 5.11 Å². The van der Waals surface area contributed by atoms with Crippen LogP contribution in [0, 0.1) is 0 Å². The van der Waals surface area contributed by atoms with Gasteiger partial charge in [0.2, 0.25) is 5.95 Å². The van der Waals surface area contributed by atoms with Gasteiger partial charge in [-0.1, -0.05) is 35.9 Å². The van der Waals surface area contributed by atoms with Gasteiger partial charge in [-0.25, -0.2) is 4.98 Å². The fourth-order valence-electron chi connectivity index (χ4n) is 3.20. The summed E-state index contributed by atoms with van der Waals surface area (Å²) >= 11 is 6.12. The van der Waals surface area contributed by atoms with Gasteiger partial charge >= 0.3 is 0 Å². The molecule has 1 N–H and O–H groups in total. The number of fused-ring (bicyclic) bond motifs is 1. The van der Waals surface area contributed by atoms with E-state index in [0.717, 1.165) is 40.5 Å². The number of imidazole rings is 1. The zero-order chi connectivity index (χ0) is 15.8. The second kappa shape index (κ2) is 5.87. The number of aromatic nitrogens is 2. The summed E-state index contributed by atoms with van der Waals surface area (Å²) in [6.45, 7) is 2.18. The zero-order valence-electron chi connectivity index (χ0n) is 12.7. The topological polar surface area (TPSA) is 41.3 Å². The van der Waals surface area contributed by atoms with E-state index in [1.165, 1.54) is 0 Å². The van der Waals surface area contributed by atoms with E-state index in [4.69, 9.17) is 16.6 Å². The Labute approximate surface area is 139 Å². The molecule has 0 spiro atoms. The number of hydrogen-bond donors (Lipinski definition) is 1. The largest absolute Gasteiger partial charge is 0.391 e. The number of hydrogen-bond acceptors (Lipinski definition) is 3. The standard InChI is InChI=1S/C18H18ClN3O/c19-14-5-3-4-13(10-14)11-22-17-7-2-1-6-16(17)20-18(22)21-9-8-15(23)12-21/h1-7,10,15,23H,8-9,11-12H2/t15-/m1/s1. The van der Waals surface area contributed by atoms with Crippen molar-refractivity contribution in [3.05, 3.63) is 59.1 Å². The van der Waals surface area contributed by atoms with Crippen LogP contribution in [0.2, 0.25) is 5.02 Å². The Balaban J connectivity index is 1.79. The van der Waals surface area contributed by atoms with Crippen molar-refractivity contribution in [2.24, 2.45) is 0 Å². The van der Waals surface area contributed by atoms with E-state index >= 15 is 0 Å². The number of benzene rings is 2. The SMILES string of the molecule is O[C@@H]1CCN(c2nc3ccccc3n2Cc2cccc(Cl)c2)C1. The van der Waals surface area contributed by atoms with Gasteiger partial charge in [-0.15, -0.1) is 0 Å². The lowest BCUT2D eigenvalue weighted by Gasteiger charge is -2.19. The number of halogens is 1. The lowest BCUT2D eigenvalue weighted by Crippen LogP contribution is -2.25. The van der Waals surface area contributed by atoms with E-state index < -0.39 is 0 Å². The van der Waals surface area contributed by atoms with Crippen molar-refractivity contribution in [2.75, 3.05) is 18.0 Å². The van der Waals surface area contributed by atoms with Crippen molar-refractivity contribution in [3.8, 4) is 0 Å². The van der Waals surface area contributed by atoms with E-state index in [0.29, 0.717) is 13.1 Å². The van der Waals surface area contributed by atoms with E-state index in [9.17, 15) is 5.11 Å². The van der Waals surface area contributed by atoms with E-state index in [1.807, 2.05) is 36.4 Å². The van der Waals surface area contributed by atoms with Gasteiger partial charge in [-0.2, -0.15) is 0 Å². The minimum atomic E-state index is -0.269. The van der Waals surface area contributed by atoms with Crippen LogP contribution < -0.4 is 4.90 Å². The molecule has 0 amide bonds. The Morgan fingerprint density at radius 2 is 2.04 bits per heavy atom. The minimum absolute atomic E-state index is 0.269. The van der Waals surface area contributed by atoms with Crippen molar-refractivity contribution in [2.45, 2.75) is 19.1 Å². The number of aliphatic hydroxyl groups is 1. The molecule has 5 heteroatoms. The number of nitrogens with zero attached hydrogens (tertiary/aromatic N) is 3. The first-order chi connectivity index (χ1) is 11.2. The Bertz CT molecular complexity index is 845. The van der Waals surface area contributed by atoms with Gasteiger partial charge in [0, 0.05) is 18.1 Å². The van der Waals surface area contributed by atoms with Crippen LogP contribution in [0.3, 0.4) is 0 Å². The first kappa shape index (κ1) is 14.5. The van der Waals surface area contributed by atoms with Crippen LogP contribution in [0.25, 0.3) is 11.0 Å². The molecule has 118 valence electrons. The second-order valence-corrected chi connectivity index (χ2v) is 6.44. The molecular formula is C18H18ClN3O. The maximum Gasteiger partial charge on any atom is 0.206 e. The summed E-state index contributed by atoms with van der Waals surface area (Å²) in [4.78, 5) is 6.95. The third-order valence-corrected chi connectivity index (χ3v) is 4.55. The average Bonchev–Trinajstić information content (AvgIpc) is 3.12. The minimum Gasteiger partial charge on any atom is -0.391 e. The van der Waals surface area contributed by atoms with Gasteiger partial charge in [-0.05, 0) is 36.2 Å². The zero-order valence-corrected chi connectivity index (χ0v) is 13.4. The Kier molecular flexibility index (Phi) is 3.71. The molecule has 3 aromatic rings. The van der Waals surface area contributed by atoms with Gasteiger partial charge in [0.25, 0.3) is 0 Å². The Morgan fingerprint density at radius 1 is 1.17 bits per heavy atom. The van der Waals surface area contributed by atoms with E-state index in [-0.39, 0.29) is 6.10 Å². The maximum atomic E-state index is 9.86. The van der Waals surface area contributed by atoms with Gasteiger partial charge in [0.15, 0.2) is 0 Å². The highest BCUT2D eigenvalue weighted by Crippen LogP contribution is 2.27. The van der Waals surface area contributed by atoms with E-state index in [1.54, 1.807) is 0 Å². The third-order valence-electron chi connectivity index (χ3n) is 4.31. The molecule has 0 unspecified atom stereocenters. The molecular weight excluding hydrogens is 310 g/mol. The predicted octanol–water partition coefficient (Wildman–Crippen LogP) is 3.31. The molecule has 1 aromatic heterocycles. The van der Waals surface area contributed by atoms with Crippen molar-refractivity contribution >= 4 is 28.6 Å². The maximum absolute atomic E-state index is 9.86. The van der Waals surface area contributed by atoms with Crippen molar-refractivity contribution in [3.63, 3.8) is 0 Å². The summed E-state index contributed by atoms with van der Waals surface area (Å²) in [6, 6.07) is 16.1. The summed E-state index contributed by atoms with van der Waals surface area (Å²) in [6.07, 6.45) is 0.523. The molecule has 4 rings (SSSR count). The lowest BCUT2D eigenvalue weighted by atomic mass is 10.2. The summed E-state index contributed by atoms with van der Waals surface area (Å²) < 4.78 is 2.21. The van der Waals surface area contributed by atoms with Gasteiger partial charge in [0.05, 0.1) is 23.7 Å². The van der Waals surface area contributed by atoms with Crippen LogP contribution >= 0.6 is 11.6 Å². The molecule has 1 saturated heterocycles. The Morgan fingerprint density at radius 3 is 2.83 bits per heavy atom. The highest BCUT2D eigenvalue weighted by molar-refractivity contribution is 6.30. The van der Waals surface area contributed by atoms with Crippen LogP contribution in [0.1, 0.15) is 12.0 Å². The lowest BCUT2D eigenvalue weighted by molar-refractivity contribution is 0.198. The summed E-state index contributed by atoms with van der Waals surface area (Å²) in [5.74, 6) is 0.919. The molecule has 2 heterocycles. The monoisotopic (exact) mass is 327 g/mol. The van der Waals surface area contributed by atoms with Crippen molar-refractivity contribution in [1.82, 2.24) is 9.55 Å². The van der Waals surface area contributed by atoms with Gasteiger partial charge in [-0.3, -0.25) is 0 Å². The average molecular weight is 328 g/mol. The normalized spacial score (nSPS) is 18.0.